The molecule has 2 aromatic carbocycles. The van der Waals surface area contributed by atoms with Crippen molar-refractivity contribution in [3.8, 4) is 5.75 Å². The number of aromatic hydroxyl groups is 1. The zero-order chi connectivity index (χ0) is 15.8. The van der Waals surface area contributed by atoms with Gasteiger partial charge in [-0.1, -0.05) is 42.0 Å². The van der Waals surface area contributed by atoms with Gasteiger partial charge in [-0.25, -0.2) is 4.99 Å². The zero-order valence-electron chi connectivity index (χ0n) is 13.5. The summed E-state index contributed by atoms with van der Waals surface area (Å²) in [6.07, 6.45) is 0. The second-order valence-electron chi connectivity index (χ2n) is 5.21. The average molecular weight is 425 g/mol. The molecule has 0 amide bonds. The number of halogens is 1. The van der Waals surface area contributed by atoms with E-state index in [0.29, 0.717) is 13.1 Å². The van der Waals surface area contributed by atoms with E-state index in [2.05, 4.69) is 40.7 Å². The summed E-state index contributed by atoms with van der Waals surface area (Å²) >= 11 is 0. The second kappa shape index (κ2) is 10.1. The quantitative estimate of drug-likeness (QED) is 0.390. The summed E-state index contributed by atoms with van der Waals surface area (Å²) < 4.78 is 0. The Morgan fingerprint density at radius 2 is 1.78 bits per heavy atom. The van der Waals surface area contributed by atoms with E-state index in [0.717, 1.165) is 18.1 Å². The van der Waals surface area contributed by atoms with E-state index in [9.17, 15) is 5.11 Å². The number of nitrogens with one attached hydrogen (secondary N) is 2. The molecule has 23 heavy (non-hydrogen) atoms. The van der Waals surface area contributed by atoms with Crippen LogP contribution in [0.4, 0.5) is 0 Å². The molecule has 0 aromatic heterocycles. The number of guanidine groups is 1. The van der Waals surface area contributed by atoms with Gasteiger partial charge >= 0.3 is 0 Å². The second-order valence-corrected chi connectivity index (χ2v) is 5.21. The lowest BCUT2D eigenvalue weighted by Gasteiger charge is -2.11. The molecule has 0 aliphatic carbocycles. The van der Waals surface area contributed by atoms with Crippen molar-refractivity contribution < 1.29 is 5.11 Å². The van der Waals surface area contributed by atoms with Gasteiger partial charge in [0.05, 0.1) is 6.54 Å². The van der Waals surface area contributed by atoms with E-state index >= 15 is 0 Å². The first kappa shape index (κ1) is 19.3. The summed E-state index contributed by atoms with van der Waals surface area (Å²) in [4.78, 5) is 4.59. The summed E-state index contributed by atoms with van der Waals surface area (Å²) in [7, 11) is 0. The Balaban J connectivity index is 0.00000264. The first-order valence-electron chi connectivity index (χ1n) is 7.53. The van der Waals surface area contributed by atoms with Crippen LogP contribution in [0.1, 0.15) is 23.6 Å². The number of aliphatic imine (C=N–C) groups is 1. The molecule has 2 rings (SSSR count). The molecular weight excluding hydrogens is 401 g/mol. The fourth-order valence-corrected chi connectivity index (χ4v) is 2.17. The topological polar surface area (TPSA) is 56.7 Å². The van der Waals surface area contributed by atoms with Crippen LogP contribution in [-0.2, 0) is 13.1 Å². The van der Waals surface area contributed by atoms with Gasteiger partial charge in [0.25, 0.3) is 0 Å². The Morgan fingerprint density at radius 1 is 1.04 bits per heavy atom. The maximum Gasteiger partial charge on any atom is 0.191 e. The Kier molecular flexibility index (Phi) is 8.47. The molecule has 0 bridgehead atoms. The van der Waals surface area contributed by atoms with E-state index in [1.54, 1.807) is 12.1 Å². The maximum absolute atomic E-state index is 9.49. The number of nitrogens with zero attached hydrogens (tertiary/aromatic N) is 1. The molecule has 0 atom stereocenters. The molecule has 0 radical (unpaired) electrons. The first-order valence-corrected chi connectivity index (χ1v) is 7.53. The van der Waals surface area contributed by atoms with Crippen molar-refractivity contribution in [1.29, 1.82) is 0 Å². The zero-order valence-corrected chi connectivity index (χ0v) is 15.9. The van der Waals surface area contributed by atoms with Gasteiger partial charge in [-0.15, -0.1) is 24.0 Å². The minimum atomic E-state index is 0. The molecule has 0 unspecified atom stereocenters. The van der Waals surface area contributed by atoms with Crippen molar-refractivity contribution in [2.24, 2.45) is 4.99 Å². The smallest absolute Gasteiger partial charge is 0.191 e. The standard InChI is InChI=1S/C18H23N3O.HI/c1-3-19-18(20-12-15-7-4-6-14(2)10-15)21-13-16-8-5-9-17(22)11-16;/h4-11,22H,3,12-13H2,1-2H3,(H2,19,20,21);1H. The Bertz CT molecular complexity index is 644. The highest BCUT2D eigenvalue weighted by molar-refractivity contribution is 14.0. The number of benzene rings is 2. The molecule has 0 saturated carbocycles. The fraction of sp³-hybridized carbons (Fsp3) is 0.278. The molecule has 5 heteroatoms. The highest BCUT2D eigenvalue weighted by atomic mass is 127. The first-order chi connectivity index (χ1) is 10.7. The highest BCUT2D eigenvalue weighted by Crippen LogP contribution is 2.10. The van der Waals surface area contributed by atoms with Crippen molar-refractivity contribution in [1.82, 2.24) is 10.6 Å². The van der Waals surface area contributed by atoms with E-state index < -0.39 is 0 Å². The number of rotatable bonds is 5. The van der Waals surface area contributed by atoms with Crippen molar-refractivity contribution in [2.45, 2.75) is 26.9 Å². The normalized spacial score (nSPS) is 10.8. The van der Waals surface area contributed by atoms with Gasteiger partial charge in [0, 0.05) is 13.1 Å². The van der Waals surface area contributed by atoms with Gasteiger partial charge in [0.2, 0.25) is 0 Å². The third-order valence-electron chi connectivity index (χ3n) is 3.22. The number of hydrogen-bond donors (Lipinski definition) is 3. The molecule has 4 nitrogen and oxygen atoms in total. The van der Waals surface area contributed by atoms with Gasteiger partial charge in [0.15, 0.2) is 5.96 Å². The minimum absolute atomic E-state index is 0. The number of phenols is 1. The number of aryl methyl sites for hydroxylation is 1. The van der Waals surface area contributed by atoms with Crippen LogP contribution in [0.2, 0.25) is 0 Å². The van der Waals surface area contributed by atoms with Gasteiger partial charge in [-0.3, -0.25) is 0 Å². The lowest BCUT2D eigenvalue weighted by molar-refractivity contribution is 0.474. The van der Waals surface area contributed by atoms with Crippen LogP contribution in [0.3, 0.4) is 0 Å². The summed E-state index contributed by atoms with van der Waals surface area (Å²) in [5, 5.41) is 16.0. The van der Waals surface area contributed by atoms with Gasteiger partial charge < -0.3 is 15.7 Å². The molecule has 124 valence electrons. The van der Waals surface area contributed by atoms with Crippen LogP contribution in [0.5, 0.6) is 5.75 Å². The summed E-state index contributed by atoms with van der Waals surface area (Å²) in [5.41, 5.74) is 3.45. The van der Waals surface area contributed by atoms with E-state index in [1.165, 1.54) is 11.1 Å². The van der Waals surface area contributed by atoms with Crippen molar-refractivity contribution in [3.05, 3.63) is 65.2 Å². The van der Waals surface area contributed by atoms with Crippen molar-refractivity contribution >= 4 is 29.9 Å². The minimum Gasteiger partial charge on any atom is -0.508 e. The molecule has 0 aliphatic heterocycles. The van der Waals surface area contributed by atoms with Gasteiger partial charge in [0.1, 0.15) is 5.75 Å². The maximum atomic E-state index is 9.49. The molecule has 0 spiro atoms. The SMILES string of the molecule is CCNC(=NCc1cccc(C)c1)NCc1cccc(O)c1.I. The third kappa shape index (κ3) is 6.90. The molecular formula is C18H24IN3O. The molecule has 2 aromatic rings. The van der Waals surface area contributed by atoms with Crippen molar-refractivity contribution in [2.75, 3.05) is 6.54 Å². The Hall–Kier alpha value is -1.76. The van der Waals surface area contributed by atoms with E-state index in [4.69, 9.17) is 0 Å². The lowest BCUT2D eigenvalue weighted by atomic mass is 10.1. The predicted molar refractivity (Wildman–Crippen MR) is 106 cm³/mol. The largest absolute Gasteiger partial charge is 0.508 e. The van der Waals surface area contributed by atoms with Gasteiger partial charge in [-0.2, -0.15) is 0 Å². The average Bonchev–Trinajstić information content (AvgIpc) is 2.50. The molecule has 0 heterocycles. The Morgan fingerprint density at radius 3 is 2.48 bits per heavy atom. The van der Waals surface area contributed by atoms with E-state index in [-0.39, 0.29) is 29.7 Å². The monoisotopic (exact) mass is 425 g/mol. The summed E-state index contributed by atoms with van der Waals surface area (Å²) in [6.45, 7) is 6.18. The fourth-order valence-electron chi connectivity index (χ4n) is 2.17. The summed E-state index contributed by atoms with van der Waals surface area (Å²) in [5.74, 6) is 1.05. The van der Waals surface area contributed by atoms with Crippen LogP contribution >= 0.6 is 24.0 Å². The lowest BCUT2D eigenvalue weighted by Crippen LogP contribution is -2.36. The molecule has 3 N–H and O–H groups in total. The molecule has 0 saturated heterocycles. The van der Waals surface area contributed by atoms with Crippen LogP contribution < -0.4 is 10.6 Å². The van der Waals surface area contributed by atoms with Crippen LogP contribution in [0.25, 0.3) is 0 Å². The van der Waals surface area contributed by atoms with Crippen LogP contribution in [-0.4, -0.2) is 17.6 Å². The third-order valence-corrected chi connectivity index (χ3v) is 3.22. The van der Waals surface area contributed by atoms with Crippen LogP contribution in [0, 0.1) is 6.92 Å². The van der Waals surface area contributed by atoms with Crippen molar-refractivity contribution in [3.63, 3.8) is 0 Å². The Labute approximate surface area is 155 Å². The van der Waals surface area contributed by atoms with E-state index in [1.807, 2.05) is 25.1 Å². The number of phenolic OH excluding ortho intramolecular Hbond substituents is 1. The molecule has 0 aliphatic rings. The highest BCUT2D eigenvalue weighted by Gasteiger charge is 1.99. The molecule has 0 fully saturated rings. The number of hydrogen-bond acceptors (Lipinski definition) is 2. The van der Waals surface area contributed by atoms with Crippen LogP contribution in [0.15, 0.2) is 53.5 Å². The predicted octanol–water partition coefficient (Wildman–Crippen LogP) is 3.57. The van der Waals surface area contributed by atoms with Gasteiger partial charge in [-0.05, 0) is 37.1 Å². The summed E-state index contributed by atoms with van der Waals surface area (Å²) in [6, 6.07) is 15.6.